The molecule has 0 unspecified atom stereocenters. The quantitative estimate of drug-likeness (QED) is 0.744. The third kappa shape index (κ3) is 2.51. The highest BCUT2D eigenvalue weighted by Crippen LogP contribution is 2.59. The summed E-state index contributed by atoms with van der Waals surface area (Å²) >= 11 is 0. The first kappa shape index (κ1) is 13.7. The van der Waals surface area contributed by atoms with Crippen LogP contribution in [-0.2, 0) is 9.59 Å². The van der Waals surface area contributed by atoms with Gasteiger partial charge in [-0.25, -0.2) is 0 Å². The number of carboxylic acid groups (broad SMARTS) is 1. The topological polar surface area (TPSA) is 57.6 Å². The van der Waals surface area contributed by atoms with Crippen molar-refractivity contribution in [3.8, 4) is 0 Å². The predicted molar refractivity (Wildman–Crippen MR) is 65.5 cm³/mol. The Bertz CT molecular complexity index is 360. The lowest BCUT2D eigenvalue weighted by molar-refractivity contribution is -0.141. The molecule has 0 spiro atoms. The number of carboxylic acids is 1. The highest BCUT2D eigenvalue weighted by atomic mass is 16.4. The molecular weight excluding hydrogens is 218 g/mol. The minimum Gasteiger partial charge on any atom is -0.481 e. The van der Waals surface area contributed by atoms with Crippen molar-refractivity contribution in [2.24, 2.45) is 17.3 Å². The van der Waals surface area contributed by atoms with Crippen LogP contribution in [-0.4, -0.2) is 35.0 Å². The molecule has 96 valence electrons. The van der Waals surface area contributed by atoms with Crippen molar-refractivity contribution < 1.29 is 14.7 Å². The SMILES string of the molecule is C=C(C)CN(CC)C(=O)[C@H]1[C@@H](C(=O)O)C1(C)C. The normalized spacial score (nSPS) is 25.2. The summed E-state index contributed by atoms with van der Waals surface area (Å²) in [5.74, 6) is -1.87. The second-order valence-corrected chi connectivity index (χ2v) is 5.42. The molecule has 17 heavy (non-hydrogen) atoms. The molecule has 0 radical (unpaired) electrons. The molecule has 1 aliphatic rings. The first-order chi connectivity index (χ1) is 7.73. The number of nitrogens with zero attached hydrogens (tertiary/aromatic N) is 1. The maximum Gasteiger partial charge on any atom is 0.307 e. The van der Waals surface area contributed by atoms with Crippen LogP contribution in [0.2, 0.25) is 0 Å². The van der Waals surface area contributed by atoms with Crippen molar-refractivity contribution in [1.82, 2.24) is 4.90 Å². The Morgan fingerprint density at radius 3 is 2.18 bits per heavy atom. The van der Waals surface area contributed by atoms with Gasteiger partial charge < -0.3 is 10.0 Å². The van der Waals surface area contributed by atoms with E-state index in [9.17, 15) is 9.59 Å². The Balaban J connectivity index is 2.77. The smallest absolute Gasteiger partial charge is 0.307 e. The molecule has 0 bridgehead atoms. The Morgan fingerprint density at radius 2 is 1.88 bits per heavy atom. The summed E-state index contributed by atoms with van der Waals surface area (Å²) in [4.78, 5) is 24.9. The molecule has 0 aliphatic heterocycles. The predicted octanol–water partition coefficient (Wildman–Crippen LogP) is 1.77. The van der Waals surface area contributed by atoms with Gasteiger partial charge in [-0.2, -0.15) is 0 Å². The van der Waals surface area contributed by atoms with Crippen LogP contribution in [0.25, 0.3) is 0 Å². The van der Waals surface area contributed by atoms with Crippen molar-refractivity contribution in [2.75, 3.05) is 13.1 Å². The van der Waals surface area contributed by atoms with E-state index in [0.29, 0.717) is 13.1 Å². The van der Waals surface area contributed by atoms with Crippen LogP contribution in [0.15, 0.2) is 12.2 Å². The van der Waals surface area contributed by atoms with Crippen LogP contribution < -0.4 is 0 Å². The molecule has 1 fully saturated rings. The van der Waals surface area contributed by atoms with E-state index in [-0.39, 0.29) is 11.8 Å². The molecule has 4 nitrogen and oxygen atoms in total. The molecule has 1 saturated carbocycles. The van der Waals surface area contributed by atoms with Gasteiger partial charge >= 0.3 is 5.97 Å². The molecule has 0 aromatic rings. The zero-order chi connectivity index (χ0) is 13.4. The van der Waals surface area contributed by atoms with E-state index in [0.717, 1.165) is 5.57 Å². The van der Waals surface area contributed by atoms with Gasteiger partial charge in [-0.05, 0) is 19.3 Å². The van der Waals surface area contributed by atoms with Crippen LogP contribution in [0.3, 0.4) is 0 Å². The minimum absolute atomic E-state index is 0.0621. The molecule has 0 heterocycles. The van der Waals surface area contributed by atoms with Crippen LogP contribution in [0.1, 0.15) is 27.7 Å². The van der Waals surface area contributed by atoms with Gasteiger partial charge in [0, 0.05) is 13.1 Å². The lowest BCUT2D eigenvalue weighted by Gasteiger charge is -2.21. The van der Waals surface area contributed by atoms with Crippen molar-refractivity contribution in [1.29, 1.82) is 0 Å². The standard InChI is InChI=1S/C13H21NO3/c1-6-14(7-8(2)3)11(15)9-10(12(16)17)13(9,4)5/h9-10H,2,6-7H2,1,3-5H3,(H,16,17)/t9-,10+/m1/s1. The monoisotopic (exact) mass is 239 g/mol. The van der Waals surface area contributed by atoms with Gasteiger partial charge in [0.05, 0.1) is 11.8 Å². The summed E-state index contributed by atoms with van der Waals surface area (Å²) in [7, 11) is 0. The molecule has 0 saturated heterocycles. The van der Waals surface area contributed by atoms with Crippen molar-refractivity contribution in [3.63, 3.8) is 0 Å². The van der Waals surface area contributed by atoms with E-state index in [1.54, 1.807) is 4.90 Å². The number of amides is 1. The van der Waals surface area contributed by atoms with Crippen LogP contribution in [0, 0.1) is 17.3 Å². The molecule has 1 aliphatic carbocycles. The second kappa shape index (κ2) is 4.51. The van der Waals surface area contributed by atoms with E-state index in [2.05, 4.69) is 6.58 Å². The third-order valence-corrected chi connectivity index (χ3v) is 3.51. The fourth-order valence-electron chi connectivity index (χ4n) is 2.43. The van der Waals surface area contributed by atoms with E-state index < -0.39 is 17.3 Å². The Hall–Kier alpha value is -1.32. The highest BCUT2D eigenvalue weighted by Gasteiger charge is 2.66. The average molecular weight is 239 g/mol. The van der Waals surface area contributed by atoms with Crippen molar-refractivity contribution >= 4 is 11.9 Å². The van der Waals surface area contributed by atoms with Gasteiger partial charge in [0.15, 0.2) is 0 Å². The maximum absolute atomic E-state index is 12.2. The maximum atomic E-state index is 12.2. The first-order valence-electron chi connectivity index (χ1n) is 5.89. The average Bonchev–Trinajstić information content (AvgIpc) is 2.76. The Labute approximate surface area is 102 Å². The fraction of sp³-hybridized carbons (Fsp3) is 0.692. The lowest BCUT2D eigenvalue weighted by Crippen LogP contribution is -2.34. The molecule has 1 amide bonds. The second-order valence-electron chi connectivity index (χ2n) is 5.42. The molecule has 1 rings (SSSR count). The zero-order valence-electron chi connectivity index (χ0n) is 11.0. The molecule has 1 N–H and O–H groups in total. The minimum atomic E-state index is -0.875. The van der Waals surface area contributed by atoms with Gasteiger partial charge in [-0.15, -0.1) is 0 Å². The molecule has 4 heteroatoms. The summed E-state index contributed by atoms with van der Waals surface area (Å²) in [5.41, 5.74) is 0.483. The molecule has 0 aromatic carbocycles. The largest absolute Gasteiger partial charge is 0.481 e. The Kier molecular flexibility index (Phi) is 3.65. The van der Waals surface area contributed by atoms with Crippen LogP contribution in [0.4, 0.5) is 0 Å². The molecular formula is C13H21NO3. The summed E-state index contributed by atoms with van der Waals surface area (Å²) in [5, 5.41) is 9.06. The number of aliphatic carboxylic acids is 1. The summed E-state index contributed by atoms with van der Waals surface area (Å²) in [6.07, 6.45) is 0. The van der Waals surface area contributed by atoms with Gasteiger partial charge in [0.1, 0.15) is 0 Å². The van der Waals surface area contributed by atoms with E-state index in [1.165, 1.54) is 0 Å². The van der Waals surface area contributed by atoms with Crippen LogP contribution >= 0.6 is 0 Å². The summed E-state index contributed by atoms with van der Waals surface area (Å²) in [6.45, 7) is 12.3. The number of hydrogen-bond acceptors (Lipinski definition) is 2. The number of likely N-dealkylation sites (N-methyl/N-ethyl adjacent to an activating group) is 1. The Morgan fingerprint density at radius 1 is 1.35 bits per heavy atom. The zero-order valence-corrected chi connectivity index (χ0v) is 11.0. The van der Waals surface area contributed by atoms with Gasteiger partial charge in [-0.1, -0.05) is 26.0 Å². The number of carbonyl (C=O) groups is 2. The van der Waals surface area contributed by atoms with Gasteiger partial charge in [0.25, 0.3) is 0 Å². The van der Waals surface area contributed by atoms with Crippen molar-refractivity contribution in [2.45, 2.75) is 27.7 Å². The summed E-state index contributed by atoms with van der Waals surface area (Å²) < 4.78 is 0. The van der Waals surface area contributed by atoms with Crippen LogP contribution in [0.5, 0.6) is 0 Å². The first-order valence-corrected chi connectivity index (χ1v) is 5.89. The lowest BCUT2D eigenvalue weighted by atomic mass is 10.1. The number of rotatable bonds is 5. The van der Waals surface area contributed by atoms with E-state index >= 15 is 0 Å². The molecule has 0 aromatic heterocycles. The van der Waals surface area contributed by atoms with Gasteiger partial charge in [-0.3, -0.25) is 9.59 Å². The summed E-state index contributed by atoms with van der Waals surface area (Å²) in [6, 6.07) is 0. The molecule has 2 atom stereocenters. The van der Waals surface area contributed by atoms with E-state index in [1.807, 2.05) is 27.7 Å². The third-order valence-electron chi connectivity index (χ3n) is 3.51. The van der Waals surface area contributed by atoms with Crippen molar-refractivity contribution in [3.05, 3.63) is 12.2 Å². The fourth-order valence-corrected chi connectivity index (χ4v) is 2.43. The highest BCUT2D eigenvalue weighted by molar-refractivity contribution is 5.91. The number of hydrogen-bond donors (Lipinski definition) is 1. The van der Waals surface area contributed by atoms with Gasteiger partial charge in [0.2, 0.25) is 5.91 Å². The number of carbonyl (C=O) groups excluding carboxylic acids is 1. The van der Waals surface area contributed by atoms with E-state index in [4.69, 9.17) is 5.11 Å².